The van der Waals surface area contributed by atoms with E-state index < -0.39 is 0 Å². The van der Waals surface area contributed by atoms with Crippen LogP contribution in [0.15, 0.2) is 24.3 Å². The molecular formula is C17H24N2S2. The van der Waals surface area contributed by atoms with E-state index in [0.29, 0.717) is 0 Å². The monoisotopic (exact) mass is 320 g/mol. The maximum Gasteiger partial charge on any atom is 0.0349 e. The summed E-state index contributed by atoms with van der Waals surface area (Å²) in [5.74, 6) is 0. The third-order valence-corrected chi connectivity index (χ3v) is 6.44. The summed E-state index contributed by atoms with van der Waals surface area (Å²) in [6.45, 7) is 9.19. The standard InChI is InChI=1S/C17H24N2S2/c1-12-9-19(10-13(2)20-12)11-15-14-6-4-5-7-16(14)21-17(15)8-18-3/h4-7,12-13,18H,8-11H2,1-3H3. The van der Waals surface area contributed by atoms with Gasteiger partial charge in [-0.3, -0.25) is 4.90 Å². The van der Waals surface area contributed by atoms with Crippen molar-refractivity contribution < 1.29 is 0 Å². The highest BCUT2D eigenvalue weighted by Gasteiger charge is 2.24. The maximum absolute atomic E-state index is 3.33. The maximum atomic E-state index is 3.33. The lowest BCUT2D eigenvalue weighted by Crippen LogP contribution is -2.39. The Kier molecular flexibility index (Phi) is 4.89. The van der Waals surface area contributed by atoms with Gasteiger partial charge in [-0.05, 0) is 24.1 Å². The van der Waals surface area contributed by atoms with Gasteiger partial charge in [-0.2, -0.15) is 11.8 Å². The number of hydrogen-bond donors (Lipinski definition) is 1. The van der Waals surface area contributed by atoms with Gasteiger partial charge < -0.3 is 5.32 Å². The minimum Gasteiger partial charge on any atom is -0.315 e. The number of hydrogen-bond acceptors (Lipinski definition) is 4. The molecule has 2 aromatic rings. The van der Waals surface area contributed by atoms with Crippen molar-refractivity contribution >= 4 is 33.2 Å². The van der Waals surface area contributed by atoms with Crippen LogP contribution in [0.2, 0.25) is 0 Å². The van der Waals surface area contributed by atoms with Gasteiger partial charge in [0.25, 0.3) is 0 Å². The minimum absolute atomic E-state index is 0.742. The molecule has 1 saturated heterocycles. The number of nitrogens with zero attached hydrogens (tertiary/aromatic N) is 1. The second-order valence-corrected chi connectivity index (χ2v) is 9.00. The molecule has 1 N–H and O–H groups in total. The summed E-state index contributed by atoms with van der Waals surface area (Å²) >= 11 is 4.07. The molecule has 21 heavy (non-hydrogen) atoms. The van der Waals surface area contributed by atoms with Gasteiger partial charge in [-0.25, -0.2) is 0 Å². The molecular weight excluding hydrogens is 296 g/mol. The van der Waals surface area contributed by atoms with Gasteiger partial charge in [-0.15, -0.1) is 11.3 Å². The third kappa shape index (κ3) is 3.45. The van der Waals surface area contributed by atoms with E-state index in [1.54, 1.807) is 0 Å². The molecule has 0 spiro atoms. The van der Waals surface area contributed by atoms with Crippen LogP contribution in [0.3, 0.4) is 0 Å². The first-order valence-electron chi connectivity index (χ1n) is 7.69. The van der Waals surface area contributed by atoms with Crippen LogP contribution in [0.4, 0.5) is 0 Å². The lowest BCUT2D eigenvalue weighted by molar-refractivity contribution is 0.263. The van der Waals surface area contributed by atoms with E-state index in [9.17, 15) is 0 Å². The largest absolute Gasteiger partial charge is 0.315 e. The molecule has 2 nitrogen and oxygen atoms in total. The summed E-state index contributed by atoms with van der Waals surface area (Å²) in [6, 6.07) is 8.85. The second-order valence-electron chi connectivity index (χ2n) is 5.98. The topological polar surface area (TPSA) is 15.3 Å². The van der Waals surface area contributed by atoms with Gasteiger partial charge in [0.2, 0.25) is 0 Å². The molecule has 1 fully saturated rings. The summed E-state index contributed by atoms with van der Waals surface area (Å²) in [5, 5.41) is 6.26. The molecule has 0 saturated carbocycles. The minimum atomic E-state index is 0.742. The van der Waals surface area contributed by atoms with Crippen LogP contribution in [0.5, 0.6) is 0 Å². The fraction of sp³-hybridized carbons (Fsp3) is 0.529. The molecule has 2 unspecified atom stereocenters. The van der Waals surface area contributed by atoms with Gasteiger partial charge in [0.05, 0.1) is 0 Å². The molecule has 1 aromatic carbocycles. The molecule has 114 valence electrons. The first kappa shape index (κ1) is 15.3. The Labute approximate surface area is 135 Å². The fourth-order valence-electron chi connectivity index (χ4n) is 3.26. The molecule has 0 bridgehead atoms. The molecule has 0 aliphatic carbocycles. The van der Waals surface area contributed by atoms with Crippen molar-refractivity contribution in [3.8, 4) is 0 Å². The van der Waals surface area contributed by atoms with Crippen LogP contribution in [-0.2, 0) is 13.1 Å². The average molecular weight is 321 g/mol. The van der Waals surface area contributed by atoms with Gasteiger partial charge in [-0.1, -0.05) is 32.0 Å². The van der Waals surface area contributed by atoms with Gasteiger partial charge in [0, 0.05) is 46.3 Å². The molecule has 0 radical (unpaired) electrons. The van der Waals surface area contributed by atoms with Gasteiger partial charge in [0.15, 0.2) is 0 Å². The van der Waals surface area contributed by atoms with Gasteiger partial charge in [0.1, 0.15) is 0 Å². The number of benzene rings is 1. The van der Waals surface area contributed by atoms with Crippen molar-refractivity contribution in [3.05, 3.63) is 34.7 Å². The van der Waals surface area contributed by atoms with Crippen LogP contribution in [0.1, 0.15) is 24.3 Å². The van der Waals surface area contributed by atoms with E-state index in [0.717, 1.165) is 23.6 Å². The summed E-state index contributed by atoms with van der Waals surface area (Å²) in [4.78, 5) is 4.14. The Bertz CT molecular complexity index is 598. The smallest absolute Gasteiger partial charge is 0.0349 e. The first-order valence-corrected chi connectivity index (χ1v) is 9.45. The zero-order valence-electron chi connectivity index (χ0n) is 13.1. The van der Waals surface area contributed by atoms with Gasteiger partial charge >= 0.3 is 0 Å². The van der Waals surface area contributed by atoms with Crippen LogP contribution in [0, 0.1) is 0 Å². The summed E-state index contributed by atoms with van der Waals surface area (Å²) in [7, 11) is 2.04. The summed E-state index contributed by atoms with van der Waals surface area (Å²) < 4.78 is 1.42. The van der Waals surface area contributed by atoms with E-state index in [1.807, 2.05) is 18.4 Å². The van der Waals surface area contributed by atoms with Crippen LogP contribution >= 0.6 is 23.1 Å². The zero-order chi connectivity index (χ0) is 14.8. The van der Waals surface area contributed by atoms with E-state index in [1.165, 1.54) is 33.6 Å². The predicted octanol–water partition coefficient (Wildman–Crippen LogP) is 3.95. The van der Waals surface area contributed by atoms with Crippen molar-refractivity contribution in [2.75, 3.05) is 20.1 Å². The highest BCUT2D eigenvalue weighted by molar-refractivity contribution is 8.00. The van der Waals surface area contributed by atoms with Crippen LogP contribution in [-0.4, -0.2) is 35.5 Å². The second kappa shape index (κ2) is 6.69. The third-order valence-electron chi connectivity index (χ3n) is 4.00. The number of rotatable bonds is 4. The van der Waals surface area contributed by atoms with Crippen LogP contribution < -0.4 is 5.32 Å². The van der Waals surface area contributed by atoms with Crippen molar-refractivity contribution in [2.24, 2.45) is 0 Å². The molecule has 3 rings (SSSR count). The van der Waals surface area contributed by atoms with E-state index in [4.69, 9.17) is 0 Å². The Morgan fingerprint density at radius 3 is 2.62 bits per heavy atom. The molecule has 2 atom stereocenters. The Hall–Kier alpha value is -0.550. The molecule has 1 aliphatic rings. The Morgan fingerprint density at radius 1 is 1.19 bits per heavy atom. The molecule has 2 heterocycles. The first-order chi connectivity index (χ1) is 10.2. The zero-order valence-corrected chi connectivity index (χ0v) is 14.7. The van der Waals surface area contributed by atoms with Crippen molar-refractivity contribution in [3.63, 3.8) is 0 Å². The molecule has 1 aromatic heterocycles. The molecule has 0 amide bonds. The highest BCUT2D eigenvalue weighted by atomic mass is 32.2. The number of thiophene rings is 1. The molecule has 4 heteroatoms. The quantitative estimate of drug-likeness (QED) is 0.918. The summed E-state index contributed by atoms with van der Waals surface area (Å²) in [5.41, 5.74) is 1.54. The van der Waals surface area contributed by atoms with Crippen molar-refractivity contribution in [1.29, 1.82) is 0 Å². The Balaban J connectivity index is 1.89. The lowest BCUT2D eigenvalue weighted by atomic mass is 10.1. The Morgan fingerprint density at radius 2 is 1.90 bits per heavy atom. The van der Waals surface area contributed by atoms with E-state index in [-0.39, 0.29) is 0 Å². The number of nitrogens with one attached hydrogen (secondary N) is 1. The van der Waals surface area contributed by atoms with E-state index in [2.05, 4.69) is 60.1 Å². The number of fused-ring (bicyclic) bond motifs is 1. The van der Waals surface area contributed by atoms with E-state index >= 15 is 0 Å². The normalized spacial score (nSPS) is 23.8. The molecule has 1 aliphatic heterocycles. The van der Waals surface area contributed by atoms with Crippen molar-refractivity contribution in [1.82, 2.24) is 10.2 Å². The summed E-state index contributed by atoms with van der Waals surface area (Å²) in [6.07, 6.45) is 0. The number of thioether (sulfide) groups is 1. The predicted molar refractivity (Wildman–Crippen MR) is 96.4 cm³/mol. The lowest BCUT2D eigenvalue weighted by Gasteiger charge is -2.34. The average Bonchev–Trinajstić information content (AvgIpc) is 2.76. The fourth-order valence-corrected chi connectivity index (χ4v) is 5.88. The highest BCUT2D eigenvalue weighted by Crippen LogP contribution is 2.34. The van der Waals surface area contributed by atoms with Crippen LogP contribution in [0.25, 0.3) is 10.1 Å². The SMILES string of the molecule is CNCc1sc2ccccc2c1CN1CC(C)SC(C)C1. The van der Waals surface area contributed by atoms with Crippen molar-refractivity contribution in [2.45, 2.75) is 37.4 Å².